The van der Waals surface area contributed by atoms with E-state index in [9.17, 15) is 10.2 Å². The molecule has 2 aliphatic carbocycles. The van der Waals surface area contributed by atoms with Crippen LogP contribution in [-0.4, -0.2) is 59.7 Å². The van der Waals surface area contributed by atoms with Crippen LogP contribution in [0.3, 0.4) is 0 Å². The highest BCUT2D eigenvalue weighted by Crippen LogP contribution is 2.65. The van der Waals surface area contributed by atoms with Gasteiger partial charge in [-0.25, -0.2) is 0 Å². The van der Waals surface area contributed by atoms with Crippen molar-refractivity contribution in [2.24, 2.45) is 5.92 Å². The van der Waals surface area contributed by atoms with Crippen LogP contribution in [0.5, 0.6) is 11.5 Å². The Kier molecular flexibility index (Phi) is 2.78. The number of methoxy groups -OCH3 is 1. The molecular formula is C19H25NO4. The van der Waals surface area contributed by atoms with Crippen LogP contribution in [0.1, 0.15) is 30.9 Å². The third-order valence-corrected chi connectivity index (χ3v) is 7.28. The van der Waals surface area contributed by atoms with Gasteiger partial charge in [-0.1, -0.05) is 6.07 Å². The summed E-state index contributed by atoms with van der Waals surface area (Å²) in [5, 5.41) is 21.8. The Hall–Kier alpha value is -1.30. The summed E-state index contributed by atoms with van der Waals surface area (Å²) in [6, 6.07) is 4.53. The lowest BCUT2D eigenvalue weighted by molar-refractivity contribution is -0.202. The zero-order valence-corrected chi connectivity index (χ0v) is 14.5. The van der Waals surface area contributed by atoms with Gasteiger partial charge >= 0.3 is 0 Å². The number of piperidine rings is 1. The van der Waals surface area contributed by atoms with Crippen LogP contribution in [0.25, 0.3) is 0 Å². The molecule has 0 amide bonds. The zero-order valence-electron chi connectivity index (χ0n) is 14.5. The summed E-state index contributed by atoms with van der Waals surface area (Å²) in [4.78, 5) is 2.42. The number of ether oxygens (including phenoxy) is 2. The minimum Gasteiger partial charge on any atom is -0.493 e. The summed E-state index contributed by atoms with van der Waals surface area (Å²) in [5.41, 5.74) is 1.09. The third-order valence-electron chi connectivity index (χ3n) is 7.28. The highest BCUT2D eigenvalue weighted by Gasteiger charge is 2.70. The first-order chi connectivity index (χ1) is 11.4. The molecule has 2 aliphatic heterocycles. The Morgan fingerprint density at radius 3 is 2.92 bits per heavy atom. The van der Waals surface area contributed by atoms with Crippen LogP contribution in [0.15, 0.2) is 12.1 Å². The van der Waals surface area contributed by atoms with Gasteiger partial charge < -0.3 is 24.6 Å². The fraction of sp³-hybridized carbons (Fsp3) is 0.684. The van der Waals surface area contributed by atoms with Crippen LogP contribution in [0.2, 0.25) is 0 Å². The molecule has 1 saturated heterocycles. The van der Waals surface area contributed by atoms with Gasteiger partial charge in [0.25, 0.3) is 0 Å². The summed E-state index contributed by atoms with van der Waals surface area (Å²) >= 11 is 0. The Balaban J connectivity index is 1.81. The lowest BCUT2D eigenvalue weighted by Gasteiger charge is -2.61. The van der Waals surface area contributed by atoms with E-state index < -0.39 is 17.8 Å². The SMILES string of the molecule is COc1ccc2c3c1OC1C(C)(O)C(O)CC4C(C2)N(C)CCC341. The molecule has 4 aliphatic rings. The summed E-state index contributed by atoms with van der Waals surface area (Å²) in [6.07, 6.45) is 1.36. The number of hydrogen-bond donors (Lipinski definition) is 2. The Morgan fingerprint density at radius 1 is 1.38 bits per heavy atom. The Labute approximate surface area is 142 Å². The Morgan fingerprint density at radius 2 is 2.17 bits per heavy atom. The normalized spacial score (nSPS) is 45.5. The van der Waals surface area contributed by atoms with Crippen LogP contribution < -0.4 is 9.47 Å². The number of hydrogen-bond acceptors (Lipinski definition) is 5. The lowest BCUT2D eigenvalue weighted by Crippen LogP contribution is -2.72. The minimum absolute atomic E-state index is 0.211. The van der Waals surface area contributed by atoms with E-state index in [1.165, 1.54) is 11.1 Å². The molecule has 1 spiro atoms. The molecular weight excluding hydrogens is 306 g/mol. The van der Waals surface area contributed by atoms with Crippen molar-refractivity contribution in [2.75, 3.05) is 20.7 Å². The molecule has 2 N–H and O–H groups in total. The van der Waals surface area contributed by atoms with Crippen LogP contribution in [0.4, 0.5) is 0 Å². The van der Waals surface area contributed by atoms with Crippen molar-refractivity contribution in [1.29, 1.82) is 0 Å². The monoisotopic (exact) mass is 331 g/mol. The maximum absolute atomic E-state index is 11.1. The first kappa shape index (κ1) is 15.0. The van der Waals surface area contributed by atoms with Crippen molar-refractivity contribution >= 4 is 0 Å². The van der Waals surface area contributed by atoms with E-state index in [2.05, 4.69) is 18.0 Å². The highest BCUT2D eigenvalue weighted by atomic mass is 16.5. The number of nitrogens with zero attached hydrogens (tertiary/aromatic N) is 1. The first-order valence-corrected chi connectivity index (χ1v) is 8.89. The van der Waals surface area contributed by atoms with Gasteiger partial charge in [-0.2, -0.15) is 0 Å². The van der Waals surface area contributed by atoms with E-state index >= 15 is 0 Å². The van der Waals surface area contributed by atoms with Crippen molar-refractivity contribution < 1.29 is 19.7 Å². The van der Waals surface area contributed by atoms with E-state index in [-0.39, 0.29) is 5.41 Å². The topological polar surface area (TPSA) is 62.2 Å². The van der Waals surface area contributed by atoms with Crippen molar-refractivity contribution in [2.45, 2.75) is 55.5 Å². The van der Waals surface area contributed by atoms with Gasteiger partial charge in [0.2, 0.25) is 0 Å². The van der Waals surface area contributed by atoms with Gasteiger partial charge in [-0.15, -0.1) is 0 Å². The number of aliphatic hydroxyl groups is 2. The zero-order chi connectivity index (χ0) is 16.9. The van der Waals surface area contributed by atoms with E-state index in [1.807, 2.05) is 6.07 Å². The molecule has 1 aromatic carbocycles. The molecule has 2 fully saturated rings. The smallest absolute Gasteiger partial charge is 0.165 e. The fourth-order valence-corrected chi connectivity index (χ4v) is 6.10. The van der Waals surface area contributed by atoms with Gasteiger partial charge in [0, 0.05) is 17.0 Å². The second-order valence-electron chi connectivity index (χ2n) is 8.26. The number of likely N-dealkylation sites (tertiary alicyclic amines) is 1. The Bertz CT molecular complexity index is 718. The molecule has 0 aromatic heterocycles. The molecule has 5 heteroatoms. The van der Waals surface area contributed by atoms with Crippen LogP contribution >= 0.6 is 0 Å². The average Bonchev–Trinajstić information content (AvgIpc) is 2.90. The van der Waals surface area contributed by atoms with Crippen LogP contribution in [0, 0.1) is 5.92 Å². The number of rotatable bonds is 1. The standard InChI is InChI=1S/C19H25NO4/c1-18(22)14(21)9-11-12-8-10-4-5-13(23-3)16-15(10)19(11,17(18)24-16)6-7-20(12)2/h4-5,11-12,14,17,21-22H,6-9H2,1-3H3. The summed E-state index contributed by atoms with van der Waals surface area (Å²) in [7, 11) is 3.84. The fourth-order valence-electron chi connectivity index (χ4n) is 6.10. The summed E-state index contributed by atoms with van der Waals surface area (Å²) in [5.74, 6) is 1.83. The summed E-state index contributed by atoms with van der Waals surface area (Å²) < 4.78 is 11.9. The van der Waals surface area contributed by atoms with Gasteiger partial charge in [0.05, 0.1) is 13.2 Å². The molecule has 1 aromatic rings. The molecule has 0 radical (unpaired) electrons. The predicted molar refractivity (Wildman–Crippen MR) is 88.6 cm³/mol. The van der Waals surface area contributed by atoms with E-state index in [4.69, 9.17) is 9.47 Å². The van der Waals surface area contributed by atoms with E-state index in [1.54, 1.807) is 14.0 Å². The molecule has 5 nitrogen and oxygen atoms in total. The van der Waals surface area contributed by atoms with E-state index in [0.717, 1.165) is 30.9 Å². The first-order valence-electron chi connectivity index (χ1n) is 8.89. The molecule has 6 unspecified atom stereocenters. The molecule has 24 heavy (non-hydrogen) atoms. The lowest BCUT2D eigenvalue weighted by atomic mass is 9.49. The van der Waals surface area contributed by atoms with Gasteiger partial charge in [0.1, 0.15) is 11.7 Å². The number of benzene rings is 1. The molecule has 1 saturated carbocycles. The molecule has 6 atom stereocenters. The average molecular weight is 331 g/mol. The quantitative estimate of drug-likeness (QED) is 0.806. The second-order valence-corrected chi connectivity index (χ2v) is 8.26. The van der Waals surface area contributed by atoms with Gasteiger partial charge in [-0.05, 0) is 57.3 Å². The number of aliphatic hydroxyl groups excluding tert-OH is 1. The van der Waals surface area contributed by atoms with Crippen molar-refractivity contribution in [3.63, 3.8) is 0 Å². The highest BCUT2D eigenvalue weighted by molar-refractivity contribution is 5.61. The second kappa shape index (κ2) is 4.45. The van der Waals surface area contributed by atoms with Gasteiger partial charge in [-0.3, -0.25) is 0 Å². The summed E-state index contributed by atoms with van der Waals surface area (Å²) in [6.45, 7) is 2.72. The van der Waals surface area contributed by atoms with Crippen LogP contribution in [-0.2, 0) is 11.8 Å². The van der Waals surface area contributed by atoms with Crippen molar-refractivity contribution in [3.05, 3.63) is 23.3 Å². The predicted octanol–water partition coefficient (Wildman–Crippen LogP) is 1.09. The van der Waals surface area contributed by atoms with Crippen molar-refractivity contribution in [1.82, 2.24) is 4.90 Å². The van der Waals surface area contributed by atoms with E-state index in [0.29, 0.717) is 18.4 Å². The molecule has 5 rings (SSSR count). The third kappa shape index (κ3) is 1.48. The maximum atomic E-state index is 11.1. The van der Waals surface area contributed by atoms with Crippen molar-refractivity contribution in [3.8, 4) is 11.5 Å². The molecule has 2 bridgehead atoms. The maximum Gasteiger partial charge on any atom is 0.165 e. The minimum atomic E-state index is -1.25. The number of likely N-dealkylation sites (N-methyl/N-ethyl adjacent to an activating group) is 1. The molecule has 130 valence electrons. The largest absolute Gasteiger partial charge is 0.493 e. The molecule has 2 heterocycles. The van der Waals surface area contributed by atoms with Gasteiger partial charge in [0.15, 0.2) is 11.5 Å².